The van der Waals surface area contributed by atoms with Gasteiger partial charge in [0.15, 0.2) is 11.5 Å². The first-order valence-electron chi connectivity index (χ1n) is 6.06. The number of ether oxygens (including phenoxy) is 2. The fraction of sp³-hybridized carbons (Fsp3) is 0.214. The number of thioether (sulfide) groups is 1. The standard InChI is InChI=1S/C14H12O4S2/c15-14(16)13-9(3-6-19-13)8-20-10-1-2-11-12(7-10)18-5-4-17-11/h1-3,6-7H,4-5,8H2,(H,15,16). The number of aromatic carboxylic acids is 1. The lowest BCUT2D eigenvalue weighted by molar-refractivity contribution is 0.0701. The number of benzene rings is 1. The van der Waals surface area contributed by atoms with Crippen LogP contribution in [0.5, 0.6) is 11.5 Å². The Kier molecular flexibility index (Phi) is 3.84. The van der Waals surface area contributed by atoms with E-state index in [1.807, 2.05) is 29.6 Å². The summed E-state index contributed by atoms with van der Waals surface area (Å²) in [5.41, 5.74) is 0.849. The maximum Gasteiger partial charge on any atom is 0.346 e. The molecular weight excluding hydrogens is 296 g/mol. The van der Waals surface area contributed by atoms with Crippen LogP contribution >= 0.6 is 23.1 Å². The molecule has 0 bridgehead atoms. The topological polar surface area (TPSA) is 55.8 Å². The summed E-state index contributed by atoms with van der Waals surface area (Å²) >= 11 is 2.85. The fourth-order valence-corrected chi connectivity index (χ4v) is 3.68. The van der Waals surface area contributed by atoms with Crippen LogP contribution in [0.3, 0.4) is 0 Å². The second-order valence-electron chi connectivity index (χ2n) is 4.17. The summed E-state index contributed by atoms with van der Waals surface area (Å²) in [6.45, 7) is 1.14. The van der Waals surface area contributed by atoms with E-state index >= 15 is 0 Å². The Labute approximate surface area is 124 Å². The second-order valence-corrected chi connectivity index (χ2v) is 6.14. The highest BCUT2D eigenvalue weighted by molar-refractivity contribution is 7.98. The van der Waals surface area contributed by atoms with Gasteiger partial charge in [-0.15, -0.1) is 23.1 Å². The molecule has 0 spiro atoms. The molecule has 0 saturated heterocycles. The fourth-order valence-electron chi connectivity index (χ4n) is 1.91. The second kappa shape index (κ2) is 5.76. The molecule has 1 aliphatic heterocycles. The van der Waals surface area contributed by atoms with E-state index in [2.05, 4.69) is 0 Å². The third-order valence-corrected chi connectivity index (χ3v) is 4.84. The van der Waals surface area contributed by atoms with E-state index < -0.39 is 5.97 Å². The molecule has 1 aliphatic rings. The van der Waals surface area contributed by atoms with Crippen molar-refractivity contribution in [3.05, 3.63) is 40.1 Å². The van der Waals surface area contributed by atoms with Crippen LogP contribution in [0, 0.1) is 0 Å². The molecule has 4 nitrogen and oxygen atoms in total. The van der Waals surface area contributed by atoms with Gasteiger partial charge in [-0.3, -0.25) is 0 Å². The molecule has 2 heterocycles. The lowest BCUT2D eigenvalue weighted by Crippen LogP contribution is -2.15. The third kappa shape index (κ3) is 2.76. The number of carboxylic acid groups (broad SMARTS) is 1. The molecule has 2 aromatic rings. The summed E-state index contributed by atoms with van der Waals surface area (Å²) in [6.07, 6.45) is 0. The van der Waals surface area contributed by atoms with Crippen LogP contribution in [0.1, 0.15) is 15.2 Å². The van der Waals surface area contributed by atoms with Crippen LogP contribution < -0.4 is 9.47 Å². The molecule has 0 atom stereocenters. The van der Waals surface area contributed by atoms with Gasteiger partial charge in [0.2, 0.25) is 0 Å². The molecule has 0 radical (unpaired) electrons. The Balaban J connectivity index is 1.72. The van der Waals surface area contributed by atoms with Gasteiger partial charge in [-0.2, -0.15) is 0 Å². The lowest BCUT2D eigenvalue weighted by Gasteiger charge is -2.18. The van der Waals surface area contributed by atoms with Gasteiger partial charge in [0.1, 0.15) is 18.1 Å². The van der Waals surface area contributed by atoms with Gasteiger partial charge in [0.25, 0.3) is 0 Å². The number of rotatable bonds is 4. The highest BCUT2D eigenvalue weighted by atomic mass is 32.2. The van der Waals surface area contributed by atoms with Gasteiger partial charge < -0.3 is 14.6 Å². The first-order valence-corrected chi connectivity index (χ1v) is 7.92. The van der Waals surface area contributed by atoms with Crippen LogP contribution in [0.15, 0.2) is 34.5 Å². The molecule has 6 heteroatoms. The van der Waals surface area contributed by atoms with E-state index in [0.717, 1.165) is 22.0 Å². The van der Waals surface area contributed by atoms with E-state index in [4.69, 9.17) is 14.6 Å². The minimum atomic E-state index is -0.863. The van der Waals surface area contributed by atoms with E-state index in [-0.39, 0.29) is 0 Å². The number of hydrogen-bond acceptors (Lipinski definition) is 5. The van der Waals surface area contributed by atoms with Crippen molar-refractivity contribution in [3.63, 3.8) is 0 Å². The normalized spacial score (nSPS) is 13.2. The summed E-state index contributed by atoms with van der Waals surface area (Å²) in [6, 6.07) is 7.65. The Morgan fingerprint density at radius 2 is 2.05 bits per heavy atom. The molecule has 3 rings (SSSR count). The maximum atomic E-state index is 11.1. The van der Waals surface area contributed by atoms with E-state index in [9.17, 15) is 4.79 Å². The molecule has 1 N–H and O–H groups in total. The zero-order valence-electron chi connectivity index (χ0n) is 10.5. The van der Waals surface area contributed by atoms with Crippen molar-refractivity contribution in [2.45, 2.75) is 10.6 Å². The minimum Gasteiger partial charge on any atom is -0.486 e. The van der Waals surface area contributed by atoms with Crippen molar-refractivity contribution >= 4 is 29.1 Å². The molecule has 0 fully saturated rings. The van der Waals surface area contributed by atoms with Gasteiger partial charge in [-0.1, -0.05) is 0 Å². The molecular formula is C14H12O4S2. The third-order valence-electron chi connectivity index (χ3n) is 2.85. The van der Waals surface area contributed by atoms with Crippen molar-refractivity contribution in [1.82, 2.24) is 0 Å². The first kappa shape index (κ1) is 13.3. The molecule has 1 aromatic carbocycles. The molecule has 0 amide bonds. The highest BCUT2D eigenvalue weighted by Crippen LogP contribution is 2.35. The quantitative estimate of drug-likeness (QED) is 0.876. The number of carboxylic acids is 1. The van der Waals surface area contributed by atoms with Gasteiger partial charge >= 0.3 is 5.97 Å². The Morgan fingerprint density at radius 3 is 2.85 bits per heavy atom. The summed E-state index contributed by atoms with van der Waals surface area (Å²) < 4.78 is 11.0. The minimum absolute atomic E-state index is 0.412. The van der Waals surface area contributed by atoms with Gasteiger partial charge in [0, 0.05) is 10.6 Å². The average molecular weight is 308 g/mol. The highest BCUT2D eigenvalue weighted by Gasteiger charge is 2.14. The monoisotopic (exact) mass is 308 g/mol. The van der Waals surface area contributed by atoms with E-state index in [0.29, 0.717) is 23.8 Å². The molecule has 0 aliphatic carbocycles. The van der Waals surface area contributed by atoms with Gasteiger partial charge in [-0.05, 0) is 35.2 Å². The average Bonchev–Trinajstić information content (AvgIpc) is 2.93. The SMILES string of the molecule is O=C(O)c1sccc1CSc1ccc2c(c1)OCCO2. The van der Waals surface area contributed by atoms with Crippen molar-refractivity contribution < 1.29 is 19.4 Å². The largest absolute Gasteiger partial charge is 0.486 e. The van der Waals surface area contributed by atoms with Gasteiger partial charge in [0.05, 0.1) is 0 Å². The van der Waals surface area contributed by atoms with E-state index in [1.165, 1.54) is 11.3 Å². The smallest absolute Gasteiger partial charge is 0.346 e. The van der Waals surface area contributed by atoms with Crippen LogP contribution in [0.25, 0.3) is 0 Å². The molecule has 104 valence electrons. The number of carbonyl (C=O) groups is 1. The molecule has 1 aromatic heterocycles. The van der Waals surface area contributed by atoms with Crippen molar-refractivity contribution in [2.75, 3.05) is 13.2 Å². The molecule has 20 heavy (non-hydrogen) atoms. The maximum absolute atomic E-state index is 11.1. The predicted octanol–water partition coefficient (Wildman–Crippen LogP) is 3.51. The Bertz CT molecular complexity index is 636. The van der Waals surface area contributed by atoms with Crippen LogP contribution in [0.2, 0.25) is 0 Å². The number of hydrogen-bond donors (Lipinski definition) is 1. The van der Waals surface area contributed by atoms with E-state index in [1.54, 1.807) is 11.8 Å². The van der Waals surface area contributed by atoms with Crippen molar-refractivity contribution in [2.24, 2.45) is 0 Å². The summed E-state index contributed by atoms with van der Waals surface area (Å²) in [5, 5.41) is 10.9. The summed E-state index contributed by atoms with van der Waals surface area (Å²) in [7, 11) is 0. The predicted molar refractivity (Wildman–Crippen MR) is 78.3 cm³/mol. The van der Waals surface area contributed by atoms with Crippen molar-refractivity contribution in [1.29, 1.82) is 0 Å². The van der Waals surface area contributed by atoms with Gasteiger partial charge in [-0.25, -0.2) is 4.79 Å². The zero-order valence-corrected chi connectivity index (χ0v) is 12.1. The first-order chi connectivity index (χ1) is 9.74. The van der Waals surface area contributed by atoms with Crippen LogP contribution in [-0.4, -0.2) is 24.3 Å². The summed E-state index contributed by atoms with van der Waals surface area (Å²) in [4.78, 5) is 12.5. The Morgan fingerprint density at radius 1 is 1.25 bits per heavy atom. The number of thiophene rings is 1. The Hall–Kier alpha value is -1.66. The molecule has 0 unspecified atom stereocenters. The molecule has 0 saturated carbocycles. The summed E-state index contributed by atoms with van der Waals surface area (Å²) in [5.74, 6) is 1.29. The van der Waals surface area contributed by atoms with Crippen LogP contribution in [-0.2, 0) is 5.75 Å². The van der Waals surface area contributed by atoms with Crippen LogP contribution in [0.4, 0.5) is 0 Å². The van der Waals surface area contributed by atoms with Crippen molar-refractivity contribution in [3.8, 4) is 11.5 Å². The zero-order chi connectivity index (χ0) is 13.9. The lowest BCUT2D eigenvalue weighted by atomic mass is 10.3. The number of fused-ring (bicyclic) bond motifs is 1.